The molecular formula is C13H13Cl2FN4OS. The molecule has 0 saturated carbocycles. The molecule has 9 heteroatoms. The molecule has 2 aromatic rings. The minimum atomic E-state index is -0.709. The van der Waals surface area contributed by atoms with Gasteiger partial charge in [-0.15, -0.1) is 0 Å². The van der Waals surface area contributed by atoms with E-state index in [2.05, 4.69) is 15.0 Å². The predicted molar refractivity (Wildman–Crippen MR) is 86.5 cm³/mol. The molecule has 1 aliphatic heterocycles. The first kappa shape index (κ1) is 16.0. The first-order chi connectivity index (χ1) is 10.6. The third kappa shape index (κ3) is 2.60. The van der Waals surface area contributed by atoms with Crippen LogP contribution in [-0.4, -0.2) is 45.5 Å². The molecule has 0 aromatic carbocycles. The largest absolute Gasteiger partial charge is 0.394 e. The summed E-state index contributed by atoms with van der Waals surface area (Å²) in [6, 6.07) is -0.0670. The van der Waals surface area contributed by atoms with Crippen molar-refractivity contribution in [3.63, 3.8) is 0 Å². The van der Waals surface area contributed by atoms with Gasteiger partial charge < -0.3 is 10.0 Å². The summed E-state index contributed by atoms with van der Waals surface area (Å²) >= 11 is 13.2. The Morgan fingerprint density at radius 3 is 2.77 bits per heavy atom. The van der Waals surface area contributed by atoms with Crippen LogP contribution in [0.4, 0.5) is 10.2 Å². The maximum atomic E-state index is 14.3. The summed E-state index contributed by atoms with van der Waals surface area (Å²) in [5, 5.41) is 10.0. The van der Waals surface area contributed by atoms with Crippen molar-refractivity contribution in [1.82, 2.24) is 15.0 Å². The summed E-state index contributed by atoms with van der Waals surface area (Å²) < 4.78 is 14.3. The summed E-state index contributed by atoms with van der Waals surface area (Å²) in [7, 11) is 0. The fraction of sp³-hybridized carbons (Fsp3) is 0.462. The fourth-order valence-electron chi connectivity index (χ4n) is 2.67. The number of fused-ring (bicyclic) bond motifs is 1. The molecule has 0 bridgehead atoms. The van der Waals surface area contributed by atoms with E-state index in [1.807, 2.05) is 4.90 Å². The number of pyridine rings is 1. The number of aliphatic hydroxyl groups excluding tert-OH is 1. The van der Waals surface area contributed by atoms with Crippen LogP contribution in [0, 0.1) is 5.82 Å². The van der Waals surface area contributed by atoms with Crippen LogP contribution >= 0.6 is 35.0 Å². The number of aromatic nitrogens is 3. The summed E-state index contributed by atoms with van der Waals surface area (Å²) in [4.78, 5) is 14.4. The SMILES string of the molecule is CSc1nc(N2CCC[C@H]2CO)c2c(Cl)nc(Cl)c(F)c2n1. The molecular weight excluding hydrogens is 350 g/mol. The average molecular weight is 363 g/mol. The zero-order valence-corrected chi connectivity index (χ0v) is 14.0. The van der Waals surface area contributed by atoms with Gasteiger partial charge in [0, 0.05) is 6.54 Å². The third-order valence-electron chi connectivity index (χ3n) is 3.70. The van der Waals surface area contributed by atoms with E-state index in [1.165, 1.54) is 11.8 Å². The lowest BCUT2D eigenvalue weighted by molar-refractivity contribution is 0.266. The van der Waals surface area contributed by atoms with E-state index in [-0.39, 0.29) is 28.5 Å². The molecule has 0 unspecified atom stereocenters. The zero-order valence-electron chi connectivity index (χ0n) is 11.7. The van der Waals surface area contributed by atoms with Crippen LogP contribution in [0.2, 0.25) is 10.3 Å². The minimum absolute atomic E-state index is 0.00121. The first-order valence-electron chi connectivity index (χ1n) is 6.70. The standard InChI is InChI=1S/C13H13Cl2FN4OS/c1-22-13-17-9-7(10(14)18-11(15)8(9)16)12(19-13)20-4-2-3-6(20)5-21/h6,21H,2-5H2,1H3/t6-/m0/s1. The Hall–Kier alpha value is -0.890. The van der Waals surface area contributed by atoms with Crippen LogP contribution in [0.15, 0.2) is 5.16 Å². The van der Waals surface area contributed by atoms with E-state index < -0.39 is 5.82 Å². The molecule has 1 saturated heterocycles. The van der Waals surface area contributed by atoms with E-state index in [0.717, 1.165) is 12.8 Å². The molecule has 22 heavy (non-hydrogen) atoms. The van der Waals surface area contributed by atoms with Crippen LogP contribution in [0.3, 0.4) is 0 Å². The van der Waals surface area contributed by atoms with E-state index >= 15 is 0 Å². The Kier molecular flexibility index (Phi) is 4.59. The van der Waals surface area contributed by atoms with Gasteiger partial charge in [-0.2, -0.15) is 0 Å². The number of hydrogen-bond acceptors (Lipinski definition) is 6. The van der Waals surface area contributed by atoms with E-state index in [0.29, 0.717) is 22.9 Å². The molecule has 1 atom stereocenters. The van der Waals surface area contributed by atoms with Crippen molar-refractivity contribution < 1.29 is 9.50 Å². The van der Waals surface area contributed by atoms with Crippen LogP contribution < -0.4 is 4.90 Å². The molecule has 3 heterocycles. The van der Waals surface area contributed by atoms with Crippen molar-refractivity contribution in [3.05, 3.63) is 16.1 Å². The quantitative estimate of drug-likeness (QED) is 0.514. The van der Waals surface area contributed by atoms with Gasteiger partial charge in [0.2, 0.25) is 0 Å². The Bertz CT molecular complexity index is 733. The maximum Gasteiger partial charge on any atom is 0.189 e. The molecule has 3 rings (SSSR count). The highest BCUT2D eigenvalue weighted by Crippen LogP contribution is 2.37. The van der Waals surface area contributed by atoms with Crippen LogP contribution in [0.25, 0.3) is 10.9 Å². The van der Waals surface area contributed by atoms with E-state index in [9.17, 15) is 9.50 Å². The molecule has 1 aliphatic rings. The van der Waals surface area contributed by atoms with Crippen molar-refractivity contribution in [2.75, 3.05) is 24.3 Å². The van der Waals surface area contributed by atoms with E-state index in [1.54, 1.807) is 6.26 Å². The van der Waals surface area contributed by atoms with E-state index in [4.69, 9.17) is 23.2 Å². The van der Waals surface area contributed by atoms with Gasteiger partial charge >= 0.3 is 0 Å². The Labute approximate surface area is 140 Å². The zero-order chi connectivity index (χ0) is 15.9. The summed E-state index contributed by atoms with van der Waals surface area (Å²) in [5.41, 5.74) is 0.0583. The highest BCUT2D eigenvalue weighted by molar-refractivity contribution is 7.98. The van der Waals surface area contributed by atoms with Gasteiger partial charge in [-0.3, -0.25) is 0 Å². The Balaban J connectivity index is 2.30. The summed E-state index contributed by atoms with van der Waals surface area (Å²) in [6.07, 6.45) is 3.57. The van der Waals surface area contributed by atoms with Crippen molar-refractivity contribution in [3.8, 4) is 0 Å². The number of aliphatic hydroxyl groups is 1. The molecule has 1 N–H and O–H groups in total. The highest BCUT2D eigenvalue weighted by atomic mass is 35.5. The van der Waals surface area contributed by atoms with Crippen molar-refractivity contribution in [2.24, 2.45) is 0 Å². The average Bonchev–Trinajstić information content (AvgIpc) is 2.99. The van der Waals surface area contributed by atoms with Gasteiger partial charge in [0.25, 0.3) is 0 Å². The Morgan fingerprint density at radius 1 is 1.32 bits per heavy atom. The van der Waals surface area contributed by atoms with Crippen LogP contribution in [0.1, 0.15) is 12.8 Å². The van der Waals surface area contributed by atoms with Crippen LogP contribution in [0.5, 0.6) is 0 Å². The lowest BCUT2D eigenvalue weighted by atomic mass is 10.2. The Morgan fingerprint density at radius 2 is 2.09 bits per heavy atom. The molecule has 5 nitrogen and oxygen atoms in total. The second-order valence-corrected chi connectivity index (χ2v) is 6.43. The van der Waals surface area contributed by atoms with Gasteiger partial charge in [-0.05, 0) is 19.1 Å². The fourth-order valence-corrected chi connectivity index (χ4v) is 3.51. The predicted octanol–water partition coefficient (Wildman–Crippen LogP) is 3.15. The summed E-state index contributed by atoms with van der Waals surface area (Å²) in [6.45, 7) is 0.715. The highest BCUT2D eigenvalue weighted by Gasteiger charge is 2.29. The second-order valence-electron chi connectivity index (χ2n) is 4.94. The van der Waals surface area contributed by atoms with Gasteiger partial charge in [-0.1, -0.05) is 35.0 Å². The number of hydrogen-bond donors (Lipinski definition) is 1. The monoisotopic (exact) mass is 362 g/mol. The first-order valence-corrected chi connectivity index (χ1v) is 8.68. The molecule has 0 radical (unpaired) electrons. The van der Waals surface area contributed by atoms with Crippen LogP contribution in [-0.2, 0) is 0 Å². The lowest BCUT2D eigenvalue weighted by Crippen LogP contribution is -2.33. The summed E-state index contributed by atoms with van der Waals surface area (Å²) in [5.74, 6) is -0.210. The lowest BCUT2D eigenvalue weighted by Gasteiger charge is -2.25. The molecule has 0 spiro atoms. The van der Waals surface area contributed by atoms with Gasteiger partial charge in [0.15, 0.2) is 16.1 Å². The minimum Gasteiger partial charge on any atom is -0.394 e. The number of nitrogens with zero attached hydrogens (tertiary/aromatic N) is 4. The maximum absolute atomic E-state index is 14.3. The van der Waals surface area contributed by atoms with Crippen molar-refractivity contribution in [1.29, 1.82) is 0 Å². The normalized spacial score (nSPS) is 18.4. The molecule has 0 aliphatic carbocycles. The number of anilines is 1. The number of rotatable bonds is 3. The molecule has 0 amide bonds. The van der Waals surface area contributed by atoms with Gasteiger partial charge in [0.05, 0.1) is 18.0 Å². The van der Waals surface area contributed by atoms with Crippen molar-refractivity contribution >= 4 is 51.7 Å². The molecule has 118 valence electrons. The molecule has 2 aromatic heterocycles. The second kappa shape index (κ2) is 6.31. The topological polar surface area (TPSA) is 62.1 Å². The van der Waals surface area contributed by atoms with Gasteiger partial charge in [-0.25, -0.2) is 19.3 Å². The number of halogens is 3. The van der Waals surface area contributed by atoms with Gasteiger partial charge in [0.1, 0.15) is 16.5 Å². The number of thioether (sulfide) groups is 1. The van der Waals surface area contributed by atoms with Crippen molar-refractivity contribution in [2.45, 2.75) is 24.0 Å². The smallest absolute Gasteiger partial charge is 0.189 e. The third-order valence-corrected chi connectivity index (χ3v) is 4.78. The molecule has 1 fully saturated rings.